The van der Waals surface area contributed by atoms with Crippen LogP contribution in [0.4, 0.5) is 10.1 Å². The molecular weight excluding hydrogens is 191 g/mol. The largest absolute Gasteiger partial charge is 0.368 e. The van der Waals surface area contributed by atoms with Crippen molar-refractivity contribution in [2.45, 2.75) is 19.4 Å². The normalized spacial score (nSPS) is 25.9. The third kappa shape index (κ3) is 1.97. The Morgan fingerprint density at radius 1 is 1.40 bits per heavy atom. The van der Waals surface area contributed by atoms with Crippen molar-refractivity contribution < 1.29 is 4.39 Å². The molecule has 1 aromatic rings. The standard InChI is InChI=1S/C12H17FN2/c1-9-10(8-14)6-7-15(9)12-4-2-11(13)3-5-12/h2-5,9-10H,6-8,14H2,1H3. The number of benzene rings is 1. The van der Waals surface area contributed by atoms with Gasteiger partial charge in [0.05, 0.1) is 0 Å². The van der Waals surface area contributed by atoms with Gasteiger partial charge in [-0.15, -0.1) is 0 Å². The molecular formula is C12H17FN2. The molecule has 0 bridgehead atoms. The fourth-order valence-electron chi connectivity index (χ4n) is 2.32. The van der Waals surface area contributed by atoms with Crippen LogP contribution in [0.1, 0.15) is 13.3 Å². The number of anilines is 1. The SMILES string of the molecule is CC1C(CN)CCN1c1ccc(F)cc1. The average Bonchev–Trinajstić information content (AvgIpc) is 2.61. The molecule has 0 saturated carbocycles. The first kappa shape index (κ1) is 10.4. The molecule has 2 nitrogen and oxygen atoms in total. The number of halogens is 1. The summed E-state index contributed by atoms with van der Waals surface area (Å²) in [5, 5.41) is 0. The Balaban J connectivity index is 2.15. The lowest BCUT2D eigenvalue weighted by molar-refractivity contribution is 0.508. The van der Waals surface area contributed by atoms with E-state index in [-0.39, 0.29) is 5.82 Å². The molecule has 0 amide bonds. The van der Waals surface area contributed by atoms with Crippen LogP contribution in [0.5, 0.6) is 0 Å². The lowest BCUT2D eigenvalue weighted by atomic mass is 10.0. The molecule has 2 rings (SSSR count). The molecule has 15 heavy (non-hydrogen) atoms. The Bertz CT molecular complexity index is 323. The van der Waals surface area contributed by atoms with E-state index >= 15 is 0 Å². The third-order valence-corrected chi connectivity index (χ3v) is 3.38. The molecule has 1 heterocycles. The van der Waals surface area contributed by atoms with Crippen LogP contribution in [-0.4, -0.2) is 19.1 Å². The smallest absolute Gasteiger partial charge is 0.123 e. The van der Waals surface area contributed by atoms with E-state index in [1.54, 1.807) is 0 Å². The van der Waals surface area contributed by atoms with Gasteiger partial charge in [0, 0.05) is 18.3 Å². The van der Waals surface area contributed by atoms with Gasteiger partial charge in [-0.3, -0.25) is 0 Å². The first-order chi connectivity index (χ1) is 7.22. The Labute approximate surface area is 89.9 Å². The number of nitrogens with two attached hydrogens (primary N) is 1. The number of hydrogen-bond acceptors (Lipinski definition) is 2. The molecule has 0 radical (unpaired) electrons. The Morgan fingerprint density at radius 3 is 2.60 bits per heavy atom. The van der Waals surface area contributed by atoms with Crippen LogP contribution in [0.25, 0.3) is 0 Å². The zero-order valence-electron chi connectivity index (χ0n) is 8.99. The summed E-state index contributed by atoms with van der Waals surface area (Å²) in [4.78, 5) is 2.30. The highest BCUT2D eigenvalue weighted by molar-refractivity contribution is 5.48. The highest BCUT2D eigenvalue weighted by atomic mass is 19.1. The predicted molar refractivity (Wildman–Crippen MR) is 60.4 cm³/mol. The third-order valence-electron chi connectivity index (χ3n) is 3.38. The van der Waals surface area contributed by atoms with Crippen molar-refractivity contribution >= 4 is 5.69 Å². The van der Waals surface area contributed by atoms with Crippen molar-refractivity contribution in [1.82, 2.24) is 0 Å². The summed E-state index contributed by atoms with van der Waals surface area (Å²) < 4.78 is 12.8. The highest BCUT2D eigenvalue weighted by Gasteiger charge is 2.29. The summed E-state index contributed by atoms with van der Waals surface area (Å²) in [6.45, 7) is 3.95. The van der Waals surface area contributed by atoms with Gasteiger partial charge in [0.15, 0.2) is 0 Å². The van der Waals surface area contributed by atoms with Gasteiger partial charge in [-0.05, 0) is 50.1 Å². The second-order valence-corrected chi connectivity index (χ2v) is 4.19. The van der Waals surface area contributed by atoms with Crippen LogP contribution in [-0.2, 0) is 0 Å². The van der Waals surface area contributed by atoms with E-state index in [2.05, 4.69) is 11.8 Å². The van der Waals surface area contributed by atoms with Gasteiger partial charge in [-0.2, -0.15) is 0 Å². The molecule has 2 atom stereocenters. The number of rotatable bonds is 2. The minimum atomic E-state index is -0.180. The van der Waals surface area contributed by atoms with Crippen molar-refractivity contribution in [3.8, 4) is 0 Å². The molecule has 0 spiro atoms. The minimum absolute atomic E-state index is 0.180. The highest BCUT2D eigenvalue weighted by Crippen LogP contribution is 2.28. The first-order valence-electron chi connectivity index (χ1n) is 5.44. The van der Waals surface area contributed by atoms with E-state index in [0.29, 0.717) is 12.0 Å². The summed E-state index contributed by atoms with van der Waals surface area (Å²) in [5.74, 6) is 0.385. The van der Waals surface area contributed by atoms with E-state index in [4.69, 9.17) is 5.73 Å². The van der Waals surface area contributed by atoms with Crippen LogP contribution in [0.15, 0.2) is 24.3 Å². The summed E-state index contributed by atoms with van der Waals surface area (Å²) in [5.41, 5.74) is 6.80. The van der Waals surface area contributed by atoms with Crippen molar-refractivity contribution in [1.29, 1.82) is 0 Å². The minimum Gasteiger partial charge on any atom is -0.368 e. The van der Waals surface area contributed by atoms with Crippen LogP contribution in [0, 0.1) is 11.7 Å². The molecule has 2 N–H and O–H groups in total. The quantitative estimate of drug-likeness (QED) is 0.805. The maximum absolute atomic E-state index is 12.8. The maximum Gasteiger partial charge on any atom is 0.123 e. The van der Waals surface area contributed by atoms with Crippen molar-refractivity contribution in [2.75, 3.05) is 18.0 Å². The van der Waals surface area contributed by atoms with Gasteiger partial charge in [0.1, 0.15) is 5.82 Å². The molecule has 1 aliphatic rings. The topological polar surface area (TPSA) is 29.3 Å². The fraction of sp³-hybridized carbons (Fsp3) is 0.500. The molecule has 2 unspecified atom stereocenters. The van der Waals surface area contributed by atoms with Crippen LogP contribution < -0.4 is 10.6 Å². The van der Waals surface area contributed by atoms with E-state index < -0.39 is 0 Å². The molecule has 0 aliphatic carbocycles. The molecule has 1 aliphatic heterocycles. The van der Waals surface area contributed by atoms with Crippen LogP contribution >= 0.6 is 0 Å². The molecule has 3 heteroatoms. The zero-order chi connectivity index (χ0) is 10.8. The Kier molecular flexibility index (Phi) is 2.91. The first-order valence-corrected chi connectivity index (χ1v) is 5.44. The lowest BCUT2D eigenvalue weighted by Gasteiger charge is -2.26. The van der Waals surface area contributed by atoms with E-state index in [1.165, 1.54) is 12.1 Å². The molecule has 1 fully saturated rings. The molecule has 1 aromatic carbocycles. The Morgan fingerprint density at radius 2 is 2.07 bits per heavy atom. The zero-order valence-corrected chi connectivity index (χ0v) is 8.99. The van der Waals surface area contributed by atoms with Crippen molar-refractivity contribution in [3.63, 3.8) is 0 Å². The van der Waals surface area contributed by atoms with Crippen molar-refractivity contribution in [2.24, 2.45) is 11.7 Å². The number of nitrogens with zero attached hydrogens (tertiary/aromatic N) is 1. The van der Waals surface area contributed by atoms with Gasteiger partial charge in [0.2, 0.25) is 0 Å². The Hall–Kier alpha value is -1.09. The summed E-state index contributed by atoms with van der Waals surface area (Å²) >= 11 is 0. The van der Waals surface area contributed by atoms with Gasteiger partial charge in [0.25, 0.3) is 0 Å². The second kappa shape index (κ2) is 4.19. The van der Waals surface area contributed by atoms with E-state index in [1.807, 2.05) is 12.1 Å². The summed E-state index contributed by atoms with van der Waals surface area (Å²) in [7, 11) is 0. The van der Waals surface area contributed by atoms with Gasteiger partial charge in [-0.1, -0.05) is 0 Å². The van der Waals surface area contributed by atoms with Gasteiger partial charge >= 0.3 is 0 Å². The van der Waals surface area contributed by atoms with Gasteiger partial charge < -0.3 is 10.6 Å². The lowest BCUT2D eigenvalue weighted by Crippen LogP contribution is -2.32. The monoisotopic (exact) mass is 208 g/mol. The predicted octanol–water partition coefficient (Wildman–Crippen LogP) is 2.00. The maximum atomic E-state index is 12.8. The second-order valence-electron chi connectivity index (χ2n) is 4.19. The molecule has 1 saturated heterocycles. The average molecular weight is 208 g/mol. The van der Waals surface area contributed by atoms with Crippen molar-refractivity contribution in [3.05, 3.63) is 30.1 Å². The summed E-state index contributed by atoms with van der Waals surface area (Å²) in [6, 6.07) is 7.16. The fourth-order valence-corrected chi connectivity index (χ4v) is 2.32. The summed E-state index contributed by atoms with van der Waals surface area (Å²) in [6.07, 6.45) is 1.13. The van der Waals surface area contributed by atoms with Gasteiger partial charge in [-0.25, -0.2) is 4.39 Å². The van der Waals surface area contributed by atoms with Crippen LogP contribution in [0.3, 0.4) is 0 Å². The van der Waals surface area contributed by atoms with Crippen LogP contribution in [0.2, 0.25) is 0 Å². The molecule has 0 aromatic heterocycles. The number of hydrogen-bond donors (Lipinski definition) is 1. The molecule has 82 valence electrons. The van der Waals surface area contributed by atoms with E-state index in [0.717, 1.165) is 25.2 Å². The van der Waals surface area contributed by atoms with E-state index in [9.17, 15) is 4.39 Å².